The Labute approximate surface area is 353 Å². The summed E-state index contributed by atoms with van der Waals surface area (Å²) in [4.78, 5) is 39.5. The van der Waals surface area contributed by atoms with Crippen LogP contribution in [-0.2, 0) is 53.3 Å². The fraction of sp³-hybridized carbons (Fsp3) is 0.438. The predicted octanol–water partition coefficient (Wildman–Crippen LogP) is 6.69. The Hall–Kier alpha value is -5.47. The van der Waals surface area contributed by atoms with Gasteiger partial charge in [0.2, 0.25) is 0 Å². The first-order valence-electron chi connectivity index (χ1n) is 21.7. The zero-order valence-corrected chi connectivity index (χ0v) is 34.2. The van der Waals surface area contributed by atoms with Crippen molar-refractivity contribution < 1.29 is 43.0 Å². The van der Waals surface area contributed by atoms with Crippen molar-refractivity contribution in [1.82, 2.24) is 20.9 Å². The van der Waals surface area contributed by atoms with Gasteiger partial charge in [-0.1, -0.05) is 36.4 Å². The second kappa shape index (κ2) is 17.9. The summed E-state index contributed by atoms with van der Waals surface area (Å²) in [6.07, 6.45) is 3.73. The van der Waals surface area contributed by atoms with Crippen LogP contribution < -0.4 is 16.0 Å². The van der Waals surface area contributed by atoms with E-state index in [1.807, 2.05) is 72.8 Å². The van der Waals surface area contributed by atoms with Crippen LogP contribution >= 0.6 is 0 Å². The normalized spacial score (nSPS) is 20.9. The third-order valence-electron chi connectivity index (χ3n) is 13.5. The molecule has 0 unspecified atom stereocenters. The van der Waals surface area contributed by atoms with Gasteiger partial charge in [-0.3, -0.25) is 19.3 Å². The summed E-state index contributed by atoms with van der Waals surface area (Å²) in [5.74, 6) is -1.58. The van der Waals surface area contributed by atoms with Crippen LogP contribution in [0.3, 0.4) is 0 Å². The molecule has 3 aromatic heterocycles. The van der Waals surface area contributed by atoms with Gasteiger partial charge in [0.25, 0.3) is 0 Å². The molecule has 3 saturated heterocycles. The first-order valence-corrected chi connectivity index (χ1v) is 21.7. The number of fused-ring (bicyclic) bond motifs is 3. The molecule has 6 heterocycles. The molecule has 9 rings (SSSR count). The van der Waals surface area contributed by atoms with E-state index in [0.29, 0.717) is 92.6 Å². The van der Waals surface area contributed by atoms with Crippen LogP contribution in [0.15, 0.2) is 86.0 Å². The number of nitrogens with one attached hydrogen (secondary N) is 3. The van der Waals surface area contributed by atoms with Gasteiger partial charge < -0.3 is 44.5 Å². The molecule has 13 heteroatoms. The Morgan fingerprint density at radius 1 is 0.525 bits per heavy atom. The van der Waals surface area contributed by atoms with Crippen LogP contribution in [0.4, 0.5) is 0 Å². The number of furan rings is 3. The molecule has 0 aliphatic carbocycles. The average molecular weight is 831 g/mol. The first-order chi connectivity index (χ1) is 29.7. The topological polar surface area (TPSA) is 191 Å². The van der Waals surface area contributed by atoms with E-state index >= 15 is 0 Å². The maximum Gasteiger partial charge on any atom is 0.307 e. The fourth-order valence-corrected chi connectivity index (χ4v) is 10.3. The highest BCUT2D eigenvalue weighted by Gasteiger charge is 2.34. The van der Waals surface area contributed by atoms with E-state index in [1.54, 1.807) is 0 Å². The minimum atomic E-state index is -0.786. The van der Waals surface area contributed by atoms with E-state index in [1.165, 1.54) is 0 Å². The highest BCUT2D eigenvalue weighted by molar-refractivity contribution is 5.85. The molecule has 6 N–H and O–H groups in total. The molecule has 0 spiro atoms. The van der Waals surface area contributed by atoms with Gasteiger partial charge in [0, 0.05) is 16.2 Å². The Kier molecular flexibility index (Phi) is 12.0. The molecule has 320 valence electrons. The second-order valence-corrected chi connectivity index (χ2v) is 17.5. The van der Waals surface area contributed by atoms with E-state index in [0.717, 1.165) is 71.7 Å². The molecule has 0 radical (unpaired) electrons. The quantitative estimate of drug-likeness (QED) is 0.0538. The number of benzene rings is 3. The van der Waals surface area contributed by atoms with Crippen LogP contribution in [0.2, 0.25) is 0 Å². The molecule has 0 bridgehead atoms. The number of aliphatic carboxylic acids is 3. The molecule has 6 aromatic rings. The standard InChI is InChI=1S/C48H54N4O9/c53-46(54)40(31-10-13-49-22-31)16-28-4-1-7-43-37(28)19-34(59-43)25-52(26-35-20-38-29(5-2-8-44(38)60-35)17-41(47(55)56)32-11-14-50-23-32)27-36-21-39-30(6-3-9-45(39)61-36)18-42(48(57)58)33-12-15-51-24-33/h1-9,19-21,31-33,40-42,49-51H,10-18,22-27H2,(H,53,54)(H,55,56)(H,57,58)/t31-,32-,33-,40-,41-,42-/m0/s1. The number of carboxylic acid groups (broad SMARTS) is 3. The van der Waals surface area contributed by atoms with E-state index in [4.69, 9.17) is 13.3 Å². The van der Waals surface area contributed by atoms with Crippen molar-refractivity contribution >= 4 is 50.8 Å². The summed E-state index contributed by atoms with van der Waals surface area (Å²) in [5, 5.41) is 43.3. The minimum absolute atomic E-state index is 0.0627. The molecular weight excluding hydrogens is 777 g/mol. The van der Waals surface area contributed by atoms with Crippen molar-refractivity contribution in [3.8, 4) is 0 Å². The maximum absolute atomic E-state index is 12.4. The van der Waals surface area contributed by atoms with E-state index < -0.39 is 35.7 Å². The molecule has 3 aromatic carbocycles. The average Bonchev–Trinajstić information content (AvgIpc) is 4.09. The van der Waals surface area contributed by atoms with E-state index in [-0.39, 0.29) is 17.8 Å². The molecule has 3 aliphatic heterocycles. The first kappa shape index (κ1) is 40.9. The van der Waals surface area contributed by atoms with Gasteiger partial charge in [-0.25, -0.2) is 0 Å². The third kappa shape index (κ3) is 8.97. The second-order valence-electron chi connectivity index (χ2n) is 17.5. The molecular formula is C48H54N4O9. The third-order valence-corrected chi connectivity index (χ3v) is 13.5. The van der Waals surface area contributed by atoms with E-state index in [2.05, 4.69) is 20.9 Å². The summed E-state index contributed by atoms with van der Waals surface area (Å²) >= 11 is 0. The molecule has 6 atom stereocenters. The van der Waals surface area contributed by atoms with Crippen molar-refractivity contribution in [3.63, 3.8) is 0 Å². The lowest BCUT2D eigenvalue weighted by Gasteiger charge is -2.19. The van der Waals surface area contributed by atoms with Gasteiger partial charge in [0.1, 0.15) is 34.0 Å². The summed E-state index contributed by atoms with van der Waals surface area (Å²) < 4.78 is 19.5. The highest BCUT2D eigenvalue weighted by atomic mass is 16.4. The van der Waals surface area contributed by atoms with Crippen molar-refractivity contribution in [3.05, 3.63) is 107 Å². The summed E-state index contributed by atoms with van der Waals surface area (Å²) in [7, 11) is 0. The number of carbonyl (C=O) groups is 3. The van der Waals surface area contributed by atoms with Crippen molar-refractivity contribution in [2.24, 2.45) is 35.5 Å². The predicted molar refractivity (Wildman–Crippen MR) is 229 cm³/mol. The van der Waals surface area contributed by atoms with Crippen LogP contribution in [-0.4, -0.2) is 77.4 Å². The van der Waals surface area contributed by atoms with Crippen molar-refractivity contribution in [2.45, 2.75) is 58.2 Å². The SMILES string of the molecule is O=C(O)[C@@H](Cc1cccc2oc(CN(Cc3cc4c(C[C@H](C(=O)O)[C@H]5CCNC5)cccc4o3)Cc3cc4c(C[C@H](C(=O)O)[C@H]5CCNC5)cccc4o3)cc12)[C@H]1CCNC1. The molecule has 61 heavy (non-hydrogen) atoms. The van der Waals surface area contributed by atoms with Crippen LogP contribution in [0.5, 0.6) is 0 Å². The highest BCUT2D eigenvalue weighted by Crippen LogP contribution is 2.34. The van der Waals surface area contributed by atoms with Gasteiger partial charge >= 0.3 is 17.9 Å². The van der Waals surface area contributed by atoms with Gasteiger partial charge in [-0.15, -0.1) is 0 Å². The zero-order valence-electron chi connectivity index (χ0n) is 34.2. The monoisotopic (exact) mass is 830 g/mol. The largest absolute Gasteiger partial charge is 0.481 e. The number of nitrogens with zero attached hydrogens (tertiary/aromatic N) is 1. The van der Waals surface area contributed by atoms with Crippen molar-refractivity contribution in [1.29, 1.82) is 0 Å². The molecule has 13 nitrogen and oxygen atoms in total. The van der Waals surface area contributed by atoms with E-state index in [9.17, 15) is 29.7 Å². The smallest absolute Gasteiger partial charge is 0.307 e. The Morgan fingerprint density at radius 2 is 0.836 bits per heavy atom. The maximum atomic E-state index is 12.4. The Bertz CT molecular complexity index is 2240. The summed E-state index contributed by atoms with van der Waals surface area (Å²) in [6, 6.07) is 23.5. The Morgan fingerprint density at radius 3 is 1.10 bits per heavy atom. The van der Waals surface area contributed by atoms with Crippen molar-refractivity contribution in [2.75, 3.05) is 39.3 Å². The molecule has 3 aliphatic rings. The lowest BCUT2D eigenvalue weighted by atomic mass is 9.85. The number of rotatable bonds is 18. The lowest BCUT2D eigenvalue weighted by molar-refractivity contribution is -0.144. The zero-order chi connectivity index (χ0) is 42.0. The van der Waals surface area contributed by atoms with Gasteiger partial charge in [-0.05, 0) is 149 Å². The Balaban J connectivity index is 1.02. The molecule has 3 fully saturated rings. The number of hydrogen-bond donors (Lipinski definition) is 6. The van der Waals surface area contributed by atoms with Gasteiger partial charge in [0.05, 0.1) is 37.4 Å². The van der Waals surface area contributed by atoms with Crippen LogP contribution in [0.1, 0.15) is 53.2 Å². The van der Waals surface area contributed by atoms with Gasteiger partial charge in [-0.2, -0.15) is 0 Å². The fourth-order valence-electron chi connectivity index (χ4n) is 10.3. The van der Waals surface area contributed by atoms with Crippen LogP contribution in [0.25, 0.3) is 32.9 Å². The summed E-state index contributed by atoms with van der Waals surface area (Å²) in [5.41, 5.74) is 4.90. The number of carboxylic acids is 3. The number of hydrogen-bond acceptors (Lipinski definition) is 10. The lowest BCUT2D eigenvalue weighted by Crippen LogP contribution is -2.27. The van der Waals surface area contributed by atoms with Gasteiger partial charge in [0.15, 0.2) is 0 Å². The molecule has 0 saturated carbocycles. The minimum Gasteiger partial charge on any atom is -0.481 e. The van der Waals surface area contributed by atoms with Crippen LogP contribution in [0, 0.1) is 35.5 Å². The summed E-state index contributed by atoms with van der Waals surface area (Å²) in [6.45, 7) is 5.69. The molecule has 0 amide bonds.